The molecule has 0 aliphatic carbocycles. The largest absolute Gasteiger partial charge is 0.367 e. The molecule has 0 heterocycles. The van der Waals surface area contributed by atoms with Gasteiger partial charge in [-0.05, 0) is 26.1 Å². The Morgan fingerprint density at radius 1 is 1.47 bits per heavy atom. The Labute approximate surface area is 106 Å². The van der Waals surface area contributed by atoms with Crippen LogP contribution in [0.2, 0.25) is 5.02 Å². The van der Waals surface area contributed by atoms with Crippen LogP contribution in [0.5, 0.6) is 0 Å². The normalized spacial score (nSPS) is 12.2. The summed E-state index contributed by atoms with van der Waals surface area (Å²) in [5.41, 5.74) is 0.601. The van der Waals surface area contributed by atoms with Crippen molar-refractivity contribution >= 4 is 23.2 Å². The number of ether oxygens (including phenoxy) is 1. The molecule has 2 N–H and O–H groups in total. The summed E-state index contributed by atoms with van der Waals surface area (Å²) in [6, 6.07) is 7.09. The Bertz CT molecular complexity index is 371. The van der Waals surface area contributed by atoms with Crippen molar-refractivity contribution in [1.82, 2.24) is 5.32 Å². The number of anilines is 1. The van der Waals surface area contributed by atoms with Crippen molar-refractivity contribution in [2.75, 3.05) is 25.5 Å². The molecule has 5 heteroatoms. The Morgan fingerprint density at radius 2 is 2.18 bits per heavy atom. The summed E-state index contributed by atoms with van der Waals surface area (Å²) in [4.78, 5) is 11.6. The van der Waals surface area contributed by atoms with Crippen molar-refractivity contribution in [2.45, 2.75) is 13.0 Å². The minimum atomic E-state index is -0.207. The standard InChI is InChI=1S/C12H17ClN2O2/c1-9(7-14-2)17-8-12(16)15-11-6-4-3-5-10(11)13/h3-6,9,14H,7-8H2,1-2H3,(H,15,16). The number of hydrogen-bond donors (Lipinski definition) is 2. The molecule has 1 aromatic rings. The molecule has 1 rings (SSSR count). The van der Waals surface area contributed by atoms with Gasteiger partial charge < -0.3 is 15.4 Å². The van der Waals surface area contributed by atoms with Gasteiger partial charge in [-0.25, -0.2) is 0 Å². The molecule has 1 aromatic carbocycles. The van der Waals surface area contributed by atoms with E-state index in [2.05, 4.69) is 10.6 Å². The number of carbonyl (C=O) groups excluding carboxylic acids is 1. The molecule has 0 saturated heterocycles. The van der Waals surface area contributed by atoms with Gasteiger partial charge in [0.05, 0.1) is 16.8 Å². The monoisotopic (exact) mass is 256 g/mol. The van der Waals surface area contributed by atoms with Gasteiger partial charge in [-0.3, -0.25) is 4.79 Å². The molecule has 0 bridgehead atoms. The summed E-state index contributed by atoms with van der Waals surface area (Å²) in [7, 11) is 1.84. The molecular weight excluding hydrogens is 240 g/mol. The fourth-order valence-electron chi connectivity index (χ4n) is 1.31. The molecular formula is C12H17ClN2O2. The van der Waals surface area contributed by atoms with E-state index >= 15 is 0 Å². The molecule has 0 radical (unpaired) electrons. The molecule has 0 saturated carbocycles. The number of nitrogens with one attached hydrogen (secondary N) is 2. The third-order valence-electron chi connectivity index (χ3n) is 2.14. The fourth-order valence-corrected chi connectivity index (χ4v) is 1.50. The minimum Gasteiger partial charge on any atom is -0.367 e. The summed E-state index contributed by atoms with van der Waals surface area (Å²) < 4.78 is 5.34. The van der Waals surface area contributed by atoms with Crippen molar-refractivity contribution in [3.8, 4) is 0 Å². The highest BCUT2D eigenvalue weighted by Gasteiger charge is 2.07. The number of amides is 1. The van der Waals surface area contributed by atoms with E-state index in [9.17, 15) is 4.79 Å². The van der Waals surface area contributed by atoms with Crippen LogP contribution in [0.15, 0.2) is 24.3 Å². The Morgan fingerprint density at radius 3 is 2.82 bits per heavy atom. The van der Waals surface area contributed by atoms with Gasteiger partial charge in [-0.2, -0.15) is 0 Å². The molecule has 94 valence electrons. The third-order valence-corrected chi connectivity index (χ3v) is 2.47. The Balaban J connectivity index is 2.37. The van der Waals surface area contributed by atoms with E-state index in [0.717, 1.165) is 0 Å². The SMILES string of the molecule is CNCC(C)OCC(=O)Nc1ccccc1Cl. The summed E-state index contributed by atoms with van der Waals surface area (Å²) in [5, 5.41) is 6.18. The van der Waals surface area contributed by atoms with Gasteiger partial charge in [0.25, 0.3) is 0 Å². The smallest absolute Gasteiger partial charge is 0.250 e. The van der Waals surface area contributed by atoms with Crippen molar-refractivity contribution < 1.29 is 9.53 Å². The van der Waals surface area contributed by atoms with E-state index < -0.39 is 0 Å². The molecule has 0 aromatic heterocycles. The second-order valence-corrected chi connectivity index (χ2v) is 4.11. The maximum Gasteiger partial charge on any atom is 0.250 e. The van der Waals surface area contributed by atoms with Gasteiger partial charge in [-0.15, -0.1) is 0 Å². The van der Waals surface area contributed by atoms with Crippen LogP contribution in [-0.2, 0) is 9.53 Å². The molecule has 4 nitrogen and oxygen atoms in total. The first kappa shape index (κ1) is 14.0. The number of likely N-dealkylation sites (N-methyl/N-ethyl adjacent to an activating group) is 1. The van der Waals surface area contributed by atoms with Crippen LogP contribution in [0.25, 0.3) is 0 Å². The lowest BCUT2D eigenvalue weighted by atomic mass is 10.3. The molecule has 1 unspecified atom stereocenters. The highest BCUT2D eigenvalue weighted by molar-refractivity contribution is 6.33. The number of halogens is 1. The van der Waals surface area contributed by atoms with Gasteiger partial charge in [0, 0.05) is 6.54 Å². The van der Waals surface area contributed by atoms with E-state index in [1.165, 1.54) is 0 Å². The predicted molar refractivity (Wildman–Crippen MR) is 69.4 cm³/mol. The summed E-state index contributed by atoms with van der Waals surface area (Å²) in [6.07, 6.45) is -0.00278. The van der Waals surface area contributed by atoms with Crippen LogP contribution in [0.1, 0.15) is 6.92 Å². The topological polar surface area (TPSA) is 50.4 Å². The second kappa shape index (κ2) is 7.27. The van der Waals surface area contributed by atoms with Crippen LogP contribution >= 0.6 is 11.6 Å². The quantitative estimate of drug-likeness (QED) is 0.817. The summed E-state index contributed by atoms with van der Waals surface area (Å²) in [6.45, 7) is 2.63. The maximum atomic E-state index is 11.6. The molecule has 1 amide bonds. The molecule has 1 atom stereocenters. The molecule has 0 aliphatic rings. The average molecular weight is 257 g/mol. The third kappa shape index (κ3) is 5.17. The number of benzene rings is 1. The minimum absolute atomic E-state index is 0.00278. The van der Waals surface area contributed by atoms with Crippen molar-refractivity contribution in [3.63, 3.8) is 0 Å². The lowest BCUT2D eigenvalue weighted by Crippen LogP contribution is -2.28. The second-order valence-electron chi connectivity index (χ2n) is 3.71. The highest BCUT2D eigenvalue weighted by atomic mass is 35.5. The first-order valence-corrected chi connectivity index (χ1v) is 5.82. The zero-order valence-electron chi connectivity index (χ0n) is 10.00. The van der Waals surface area contributed by atoms with E-state index in [1.807, 2.05) is 26.1 Å². The van der Waals surface area contributed by atoms with E-state index in [-0.39, 0.29) is 18.6 Å². The Kier molecular flexibility index (Phi) is 5.97. The summed E-state index contributed by atoms with van der Waals surface area (Å²) in [5.74, 6) is -0.207. The zero-order valence-corrected chi connectivity index (χ0v) is 10.8. The van der Waals surface area contributed by atoms with Crippen molar-refractivity contribution in [1.29, 1.82) is 0 Å². The number of para-hydroxylation sites is 1. The number of carbonyl (C=O) groups is 1. The van der Waals surface area contributed by atoms with Crippen LogP contribution < -0.4 is 10.6 Å². The van der Waals surface area contributed by atoms with Crippen LogP contribution in [0.4, 0.5) is 5.69 Å². The van der Waals surface area contributed by atoms with E-state index in [0.29, 0.717) is 17.3 Å². The van der Waals surface area contributed by atoms with E-state index in [1.54, 1.807) is 12.1 Å². The molecule has 0 fully saturated rings. The van der Waals surface area contributed by atoms with E-state index in [4.69, 9.17) is 16.3 Å². The van der Waals surface area contributed by atoms with Crippen molar-refractivity contribution in [2.24, 2.45) is 0 Å². The molecule has 0 aliphatic heterocycles. The van der Waals surface area contributed by atoms with Crippen LogP contribution in [-0.4, -0.2) is 32.2 Å². The van der Waals surface area contributed by atoms with Gasteiger partial charge in [-0.1, -0.05) is 23.7 Å². The lowest BCUT2D eigenvalue weighted by Gasteiger charge is -2.12. The zero-order chi connectivity index (χ0) is 12.7. The number of hydrogen-bond acceptors (Lipinski definition) is 3. The van der Waals surface area contributed by atoms with Gasteiger partial charge in [0.1, 0.15) is 6.61 Å². The molecule has 0 spiro atoms. The average Bonchev–Trinajstić information content (AvgIpc) is 2.30. The van der Waals surface area contributed by atoms with Gasteiger partial charge in [0.2, 0.25) is 5.91 Å². The molecule has 17 heavy (non-hydrogen) atoms. The first-order valence-electron chi connectivity index (χ1n) is 5.44. The van der Waals surface area contributed by atoms with Crippen LogP contribution in [0, 0.1) is 0 Å². The predicted octanol–water partition coefficient (Wildman–Crippen LogP) is 1.90. The van der Waals surface area contributed by atoms with Crippen LogP contribution in [0.3, 0.4) is 0 Å². The lowest BCUT2D eigenvalue weighted by molar-refractivity contribution is -0.122. The fraction of sp³-hybridized carbons (Fsp3) is 0.417. The summed E-state index contributed by atoms with van der Waals surface area (Å²) >= 11 is 5.92. The van der Waals surface area contributed by atoms with Crippen molar-refractivity contribution in [3.05, 3.63) is 29.3 Å². The first-order chi connectivity index (χ1) is 8.13. The van der Waals surface area contributed by atoms with Gasteiger partial charge in [0.15, 0.2) is 0 Å². The van der Waals surface area contributed by atoms with Gasteiger partial charge >= 0.3 is 0 Å². The Hall–Kier alpha value is -1.10. The highest BCUT2D eigenvalue weighted by Crippen LogP contribution is 2.20. The number of rotatable bonds is 6. The maximum absolute atomic E-state index is 11.6.